The Labute approximate surface area is 166 Å². The summed E-state index contributed by atoms with van der Waals surface area (Å²) in [6.07, 6.45) is 1.68. The number of fused-ring (bicyclic) bond motifs is 1. The van der Waals surface area contributed by atoms with E-state index in [9.17, 15) is 4.21 Å². The molecule has 0 bridgehead atoms. The SMILES string of the molecule is CCOc1ccnc(CS(=O)c2nc3cc(C)ccc3[n-]2)c1C.[Na+]. The number of benzene rings is 1. The largest absolute Gasteiger partial charge is 1.00 e. The van der Waals surface area contributed by atoms with Crippen LogP contribution in [0.4, 0.5) is 0 Å². The van der Waals surface area contributed by atoms with Gasteiger partial charge in [-0.3, -0.25) is 9.19 Å². The Bertz CT molecular complexity index is 879. The van der Waals surface area contributed by atoms with E-state index in [2.05, 4.69) is 15.0 Å². The van der Waals surface area contributed by atoms with Crippen molar-refractivity contribution in [3.05, 3.63) is 47.3 Å². The average Bonchev–Trinajstić information content (AvgIpc) is 2.94. The number of aryl methyl sites for hydroxylation is 1. The molecule has 1 atom stereocenters. The van der Waals surface area contributed by atoms with Gasteiger partial charge in [-0.1, -0.05) is 23.8 Å². The molecule has 0 N–H and O–H groups in total. The number of rotatable bonds is 5. The Balaban J connectivity index is 0.00000208. The number of ether oxygens (including phenoxy) is 1. The van der Waals surface area contributed by atoms with Crippen LogP contribution in [0.15, 0.2) is 35.6 Å². The molecule has 5 nitrogen and oxygen atoms in total. The van der Waals surface area contributed by atoms with E-state index in [0.717, 1.165) is 33.6 Å². The standard InChI is InChI=1S/C17H18N3O2S.Na/c1-4-22-16-7-8-18-15(12(16)3)10-23(21)17-19-13-6-5-11(2)9-14(13)20-17;/h5-9H,4,10H2,1-3H3;/q-1;+1. The van der Waals surface area contributed by atoms with Gasteiger partial charge in [0.15, 0.2) is 0 Å². The van der Waals surface area contributed by atoms with E-state index in [-0.39, 0.29) is 35.3 Å². The Morgan fingerprint density at radius 3 is 2.79 bits per heavy atom. The average molecular weight is 351 g/mol. The molecule has 0 radical (unpaired) electrons. The fourth-order valence-electron chi connectivity index (χ4n) is 2.36. The van der Waals surface area contributed by atoms with Crippen LogP contribution in [0, 0.1) is 13.8 Å². The van der Waals surface area contributed by atoms with Crippen LogP contribution in [-0.4, -0.2) is 20.8 Å². The minimum atomic E-state index is -1.34. The first-order valence-corrected chi connectivity index (χ1v) is 8.77. The minimum Gasteiger partial charge on any atom is -0.493 e. The van der Waals surface area contributed by atoms with Crippen molar-refractivity contribution >= 4 is 21.8 Å². The maximum absolute atomic E-state index is 12.6. The van der Waals surface area contributed by atoms with E-state index in [4.69, 9.17) is 4.74 Å². The van der Waals surface area contributed by atoms with Crippen molar-refractivity contribution in [3.8, 4) is 5.75 Å². The van der Waals surface area contributed by atoms with Gasteiger partial charge in [-0.05, 0) is 37.9 Å². The van der Waals surface area contributed by atoms with Crippen molar-refractivity contribution in [2.45, 2.75) is 31.7 Å². The summed E-state index contributed by atoms with van der Waals surface area (Å²) in [4.78, 5) is 13.1. The first-order chi connectivity index (χ1) is 11.1. The van der Waals surface area contributed by atoms with Crippen LogP contribution in [-0.2, 0) is 16.6 Å². The van der Waals surface area contributed by atoms with Crippen LogP contribution in [0.3, 0.4) is 0 Å². The van der Waals surface area contributed by atoms with Crippen LogP contribution in [0.5, 0.6) is 5.75 Å². The van der Waals surface area contributed by atoms with Crippen LogP contribution >= 0.6 is 0 Å². The molecule has 0 aliphatic heterocycles. The summed E-state index contributed by atoms with van der Waals surface area (Å²) in [6.45, 7) is 6.45. The molecule has 120 valence electrons. The van der Waals surface area contributed by atoms with Gasteiger partial charge in [-0.2, -0.15) is 0 Å². The molecule has 0 saturated carbocycles. The van der Waals surface area contributed by atoms with Crippen molar-refractivity contribution in [1.29, 1.82) is 0 Å². The van der Waals surface area contributed by atoms with Gasteiger partial charge in [0.05, 0.1) is 28.9 Å². The fourth-order valence-corrected chi connectivity index (χ4v) is 3.42. The number of aromatic nitrogens is 3. The maximum atomic E-state index is 12.6. The molecule has 0 spiro atoms. The molecule has 2 aromatic heterocycles. The van der Waals surface area contributed by atoms with Gasteiger partial charge in [0.2, 0.25) is 0 Å². The summed E-state index contributed by atoms with van der Waals surface area (Å²) < 4.78 is 18.2. The predicted octanol–water partition coefficient (Wildman–Crippen LogP) is -0.0857. The fraction of sp³-hybridized carbons (Fsp3) is 0.294. The Kier molecular flexibility index (Phi) is 6.57. The van der Waals surface area contributed by atoms with Gasteiger partial charge < -0.3 is 14.7 Å². The summed E-state index contributed by atoms with van der Waals surface area (Å²) >= 11 is 0. The van der Waals surface area contributed by atoms with Gasteiger partial charge in [0, 0.05) is 16.9 Å². The van der Waals surface area contributed by atoms with Crippen molar-refractivity contribution in [1.82, 2.24) is 15.0 Å². The molecule has 0 aliphatic carbocycles. The zero-order chi connectivity index (χ0) is 16.4. The molecule has 24 heavy (non-hydrogen) atoms. The second-order valence-electron chi connectivity index (χ2n) is 5.30. The van der Waals surface area contributed by atoms with E-state index in [1.54, 1.807) is 6.20 Å². The molecule has 1 aromatic carbocycles. The molecule has 7 heteroatoms. The molecule has 2 heterocycles. The third-order valence-electron chi connectivity index (χ3n) is 3.59. The third kappa shape index (κ3) is 4.06. The van der Waals surface area contributed by atoms with Crippen molar-refractivity contribution < 1.29 is 38.5 Å². The quantitative estimate of drug-likeness (QED) is 0.602. The second-order valence-corrected chi connectivity index (χ2v) is 6.65. The number of hydrogen-bond acceptors (Lipinski definition) is 4. The Hall–Kier alpha value is -1.21. The molecule has 0 saturated heterocycles. The molecule has 0 amide bonds. The van der Waals surface area contributed by atoms with Crippen molar-refractivity contribution in [3.63, 3.8) is 0 Å². The van der Waals surface area contributed by atoms with E-state index in [0.29, 0.717) is 11.8 Å². The molecular weight excluding hydrogens is 333 g/mol. The predicted molar refractivity (Wildman–Crippen MR) is 90.1 cm³/mol. The van der Waals surface area contributed by atoms with Gasteiger partial charge in [0.25, 0.3) is 0 Å². The molecule has 3 rings (SSSR count). The first kappa shape index (κ1) is 19.1. The second kappa shape index (κ2) is 8.25. The summed E-state index contributed by atoms with van der Waals surface area (Å²) in [5.41, 5.74) is 4.32. The summed E-state index contributed by atoms with van der Waals surface area (Å²) in [5, 5.41) is 0.355. The van der Waals surface area contributed by atoms with Gasteiger partial charge in [-0.25, -0.2) is 0 Å². The van der Waals surface area contributed by atoms with Crippen LogP contribution in [0.25, 0.3) is 11.0 Å². The van der Waals surface area contributed by atoms with E-state index in [1.807, 2.05) is 45.0 Å². The maximum Gasteiger partial charge on any atom is 1.00 e. The molecule has 0 aliphatic rings. The smallest absolute Gasteiger partial charge is 0.493 e. The summed E-state index contributed by atoms with van der Waals surface area (Å²) in [7, 11) is -1.34. The zero-order valence-electron chi connectivity index (χ0n) is 14.4. The Morgan fingerprint density at radius 2 is 2.04 bits per heavy atom. The molecule has 0 fully saturated rings. The van der Waals surface area contributed by atoms with Gasteiger partial charge in [0.1, 0.15) is 5.75 Å². The Morgan fingerprint density at radius 1 is 1.25 bits per heavy atom. The molecular formula is C17H18N3NaO2S. The van der Waals surface area contributed by atoms with E-state index < -0.39 is 10.8 Å². The molecule has 3 aromatic rings. The number of imidazole rings is 1. The van der Waals surface area contributed by atoms with Crippen molar-refractivity contribution in [2.75, 3.05) is 6.61 Å². The summed E-state index contributed by atoms with van der Waals surface area (Å²) in [6, 6.07) is 7.64. The number of nitrogens with zero attached hydrogens (tertiary/aromatic N) is 3. The monoisotopic (exact) mass is 351 g/mol. The van der Waals surface area contributed by atoms with Crippen LogP contribution < -0.4 is 39.3 Å². The minimum absolute atomic E-state index is 0. The molecule has 1 unspecified atom stereocenters. The number of pyridine rings is 1. The normalized spacial score (nSPS) is 12.0. The first-order valence-electron chi connectivity index (χ1n) is 7.45. The van der Waals surface area contributed by atoms with E-state index in [1.165, 1.54) is 0 Å². The number of hydrogen-bond donors (Lipinski definition) is 0. The van der Waals surface area contributed by atoms with Crippen LogP contribution in [0.1, 0.15) is 23.7 Å². The topological polar surface area (TPSA) is 66.2 Å². The van der Waals surface area contributed by atoms with Gasteiger partial charge >= 0.3 is 29.6 Å². The van der Waals surface area contributed by atoms with E-state index >= 15 is 0 Å². The van der Waals surface area contributed by atoms with Crippen molar-refractivity contribution in [2.24, 2.45) is 0 Å². The zero-order valence-corrected chi connectivity index (χ0v) is 17.2. The van der Waals surface area contributed by atoms with Crippen LogP contribution in [0.2, 0.25) is 0 Å². The summed E-state index contributed by atoms with van der Waals surface area (Å²) in [5.74, 6) is 1.06. The van der Waals surface area contributed by atoms with Gasteiger partial charge in [-0.15, -0.1) is 0 Å². The third-order valence-corrected chi connectivity index (χ3v) is 4.72.